The van der Waals surface area contributed by atoms with E-state index in [-0.39, 0.29) is 13.0 Å². The van der Waals surface area contributed by atoms with Crippen LogP contribution in [-0.2, 0) is 38.1 Å². The molecule has 15 atom stereocenters. The second-order valence-corrected chi connectivity index (χ2v) is 10.9. The Morgan fingerprint density at radius 1 is 0.592 bits per heavy atom. The van der Waals surface area contributed by atoms with Crippen LogP contribution in [0.4, 0.5) is 0 Å². The van der Waals surface area contributed by atoms with Gasteiger partial charge in [0.1, 0.15) is 61.0 Å². The van der Waals surface area contributed by atoms with Crippen LogP contribution in [0.2, 0.25) is 0 Å². The maximum Gasteiger partial charge on any atom is 0.300 e. The van der Waals surface area contributed by atoms with E-state index in [9.17, 15) is 35.7 Å². The Morgan fingerprint density at radius 3 is 1.31 bits per heavy atom. The van der Waals surface area contributed by atoms with Crippen LogP contribution >= 0.6 is 0 Å². The lowest BCUT2D eigenvalue weighted by molar-refractivity contribution is -0.328. The van der Waals surface area contributed by atoms with Crippen LogP contribution in [0.25, 0.3) is 0 Å². The van der Waals surface area contributed by atoms with Gasteiger partial charge in [-0.1, -0.05) is 0 Å². The average Bonchev–Trinajstić information content (AvgIpc) is 2.96. The molecule has 19 N–H and O–H groups in total. The van der Waals surface area contributed by atoms with Gasteiger partial charge >= 0.3 is 0 Å². The van der Waals surface area contributed by atoms with E-state index < -0.39 is 122 Å². The Hall–Kier alpha value is -2.72. The number of rotatable bonds is 6. The largest absolute Gasteiger partial charge is 0.481 e. The number of aliphatic carboxylic acids is 4. The van der Waals surface area contributed by atoms with E-state index in [1.54, 1.807) is 0 Å². The molecule has 0 aromatic carbocycles. The van der Waals surface area contributed by atoms with E-state index >= 15 is 0 Å². The van der Waals surface area contributed by atoms with Gasteiger partial charge in [-0.2, -0.15) is 0 Å². The minimum absolute atomic E-state index is 0.0945. The van der Waals surface area contributed by atoms with E-state index in [0.29, 0.717) is 0 Å². The molecule has 290 valence electrons. The molecular formula is C26H52N4O19. The van der Waals surface area contributed by atoms with E-state index in [1.165, 1.54) is 0 Å². The Bertz CT molecular complexity index is 880. The predicted molar refractivity (Wildman–Crippen MR) is 161 cm³/mol. The van der Waals surface area contributed by atoms with Crippen LogP contribution in [0.3, 0.4) is 0 Å². The lowest BCUT2D eigenvalue weighted by Crippen LogP contribution is -2.68. The number of carbonyl (C=O) groups is 4. The summed E-state index contributed by atoms with van der Waals surface area (Å²) in [6, 6.07) is -2.87. The van der Waals surface area contributed by atoms with Gasteiger partial charge in [0.2, 0.25) is 0 Å². The molecule has 2 heterocycles. The zero-order chi connectivity index (χ0) is 38.9. The number of aliphatic hydroxyl groups excluding tert-OH is 7. The first-order valence-corrected chi connectivity index (χ1v) is 14.5. The summed E-state index contributed by atoms with van der Waals surface area (Å²) in [5, 5.41) is 100. The van der Waals surface area contributed by atoms with Gasteiger partial charge in [0.25, 0.3) is 23.9 Å². The standard InChI is InChI=1S/C18H36N4O11.4C2H4O2/c19-2-6-9(24)12(27)13(28)18(30-6)33-16-5(21)1-4(20)15(14(16)29)32-17-8(22)11(26)10(25)7(3-23)31-17;4*1-2(3)4/h4-18,23-29H,1-3,19-22H2;4*1H3,(H,3,4)/t4-,5+,6-,7-,8-,9-,10-,11-,12+,13-,14-,15+,16-,17-,18-;;;;/m1..../s1. The molecule has 0 radical (unpaired) electrons. The van der Waals surface area contributed by atoms with E-state index in [0.717, 1.165) is 27.7 Å². The van der Waals surface area contributed by atoms with Gasteiger partial charge in [-0.05, 0) is 6.42 Å². The Balaban J connectivity index is 0. The third-order valence-corrected chi connectivity index (χ3v) is 6.47. The lowest BCUT2D eigenvalue weighted by Gasteiger charge is -2.48. The van der Waals surface area contributed by atoms with E-state index in [2.05, 4.69) is 0 Å². The first-order chi connectivity index (χ1) is 22.4. The zero-order valence-electron chi connectivity index (χ0n) is 27.3. The smallest absolute Gasteiger partial charge is 0.300 e. The summed E-state index contributed by atoms with van der Waals surface area (Å²) in [4.78, 5) is 36.0. The number of aliphatic hydroxyl groups is 7. The highest BCUT2D eigenvalue weighted by Gasteiger charge is 2.51. The van der Waals surface area contributed by atoms with Gasteiger partial charge in [-0.25, -0.2) is 0 Å². The van der Waals surface area contributed by atoms with Gasteiger partial charge in [-0.3, -0.25) is 19.2 Å². The van der Waals surface area contributed by atoms with Crippen molar-refractivity contribution in [1.29, 1.82) is 0 Å². The fourth-order valence-corrected chi connectivity index (χ4v) is 4.40. The Labute approximate surface area is 280 Å². The number of hydrogen-bond donors (Lipinski definition) is 15. The van der Waals surface area contributed by atoms with Crippen LogP contribution in [0.15, 0.2) is 0 Å². The Kier molecular flexibility index (Phi) is 23.3. The average molecular weight is 725 g/mol. The summed E-state index contributed by atoms with van der Waals surface area (Å²) in [5.41, 5.74) is 23.6. The molecule has 0 unspecified atom stereocenters. The van der Waals surface area contributed by atoms with Gasteiger partial charge in [-0.15, -0.1) is 0 Å². The summed E-state index contributed by atoms with van der Waals surface area (Å²) >= 11 is 0. The van der Waals surface area contributed by atoms with E-state index in [1.807, 2.05) is 0 Å². The quantitative estimate of drug-likeness (QED) is 0.121. The molecular weight excluding hydrogens is 672 g/mol. The molecule has 23 heteroatoms. The number of ether oxygens (including phenoxy) is 4. The molecule has 0 aromatic rings. The summed E-state index contributed by atoms with van der Waals surface area (Å²) < 4.78 is 22.3. The fourth-order valence-electron chi connectivity index (χ4n) is 4.40. The van der Waals surface area contributed by atoms with Crippen LogP contribution < -0.4 is 22.9 Å². The molecule has 3 rings (SSSR count). The van der Waals surface area contributed by atoms with Gasteiger partial charge in [0.05, 0.1) is 12.6 Å². The minimum Gasteiger partial charge on any atom is -0.481 e. The summed E-state index contributed by atoms with van der Waals surface area (Å²) in [5.74, 6) is -3.33. The molecule has 3 fully saturated rings. The number of carboxylic acids is 4. The molecule has 1 saturated carbocycles. The molecule has 3 aliphatic rings. The third kappa shape index (κ3) is 17.7. The van der Waals surface area contributed by atoms with Crippen molar-refractivity contribution in [2.75, 3.05) is 13.2 Å². The summed E-state index contributed by atoms with van der Waals surface area (Å²) in [6.07, 6.45) is -16.4. The fraction of sp³-hybridized carbons (Fsp3) is 0.846. The third-order valence-electron chi connectivity index (χ3n) is 6.47. The number of hydrogen-bond acceptors (Lipinski definition) is 19. The van der Waals surface area contributed by atoms with Crippen molar-refractivity contribution in [1.82, 2.24) is 0 Å². The summed E-state index contributed by atoms with van der Waals surface area (Å²) in [6.45, 7) is 3.55. The van der Waals surface area contributed by atoms with Crippen LogP contribution in [-0.4, -0.2) is 185 Å². The second-order valence-electron chi connectivity index (χ2n) is 10.9. The second kappa shape index (κ2) is 23.6. The topological polar surface area (TPSA) is 432 Å². The van der Waals surface area contributed by atoms with Crippen molar-refractivity contribution in [3.8, 4) is 0 Å². The van der Waals surface area contributed by atoms with Crippen molar-refractivity contribution in [3.63, 3.8) is 0 Å². The van der Waals surface area contributed by atoms with Crippen molar-refractivity contribution in [2.45, 2.75) is 126 Å². The molecule has 49 heavy (non-hydrogen) atoms. The normalized spacial score (nSPS) is 38.2. The molecule has 0 aromatic heterocycles. The number of carboxylic acid groups (broad SMARTS) is 4. The van der Waals surface area contributed by atoms with Crippen molar-refractivity contribution < 1.29 is 94.3 Å². The van der Waals surface area contributed by atoms with Crippen molar-refractivity contribution in [2.24, 2.45) is 22.9 Å². The van der Waals surface area contributed by atoms with Crippen LogP contribution in [0, 0.1) is 0 Å². The molecule has 0 bridgehead atoms. The molecule has 1 aliphatic carbocycles. The monoisotopic (exact) mass is 724 g/mol. The van der Waals surface area contributed by atoms with E-state index in [4.69, 9.17) is 81.5 Å². The molecule has 0 spiro atoms. The highest BCUT2D eigenvalue weighted by Crippen LogP contribution is 2.31. The molecule has 2 saturated heterocycles. The van der Waals surface area contributed by atoms with Gasteiger partial charge in [0.15, 0.2) is 12.6 Å². The Morgan fingerprint density at radius 2 is 0.939 bits per heavy atom. The first kappa shape index (κ1) is 48.4. The summed E-state index contributed by atoms with van der Waals surface area (Å²) in [7, 11) is 0. The minimum atomic E-state index is -1.66. The van der Waals surface area contributed by atoms with Crippen LogP contribution in [0.5, 0.6) is 0 Å². The van der Waals surface area contributed by atoms with Gasteiger partial charge in [0, 0.05) is 46.3 Å². The zero-order valence-corrected chi connectivity index (χ0v) is 27.3. The highest BCUT2D eigenvalue weighted by atomic mass is 16.7. The maximum absolute atomic E-state index is 10.9. The number of nitrogens with two attached hydrogens (primary N) is 4. The molecule has 0 amide bonds. The highest BCUT2D eigenvalue weighted by molar-refractivity contribution is 5.63. The molecule has 23 nitrogen and oxygen atoms in total. The predicted octanol–water partition coefficient (Wildman–Crippen LogP) is -6.93. The van der Waals surface area contributed by atoms with Crippen LogP contribution in [0.1, 0.15) is 34.1 Å². The molecule has 2 aliphatic heterocycles. The lowest BCUT2D eigenvalue weighted by atomic mass is 9.84. The maximum atomic E-state index is 10.9. The first-order valence-electron chi connectivity index (χ1n) is 14.5. The van der Waals surface area contributed by atoms with Gasteiger partial charge < -0.3 is 98.1 Å². The van der Waals surface area contributed by atoms with Crippen molar-refractivity contribution >= 4 is 23.9 Å². The van der Waals surface area contributed by atoms with Crippen molar-refractivity contribution in [3.05, 3.63) is 0 Å². The SMILES string of the molecule is CC(=O)O.CC(=O)O.CC(=O)O.CC(=O)O.NC[C@H]1O[C@H](O[C@H]2[C@H](O)[C@@H](O[C@H]3O[C@H](CO)[C@@H](O)[C@H](O)[C@H]3N)[C@H](N)C[C@@H]2N)[C@H](O)[C@@H](O)[C@@H]1O.